The number of ether oxygens (including phenoxy) is 2. The van der Waals surface area contributed by atoms with E-state index in [4.69, 9.17) is 10.1 Å². The van der Waals surface area contributed by atoms with Crippen LogP contribution in [0, 0.1) is 11.3 Å². The maximum absolute atomic E-state index is 11.0. The number of hydrogen-bond acceptors (Lipinski definition) is 4. The second-order valence-electron chi connectivity index (χ2n) is 3.78. The molecule has 1 saturated heterocycles. The van der Waals surface area contributed by atoms with E-state index in [1.807, 2.05) is 11.9 Å². The molecule has 5 nitrogen and oxygen atoms in total. The van der Waals surface area contributed by atoms with Crippen LogP contribution in [-0.2, 0) is 9.47 Å². The van der Waals surface area contributed by atoms with E-state index < -0.39 is 6.16 Å². The molecule has 0 aliphatic carbocycles. The van der Waals surface area contributed by atoms with Crippen LogP contribution < -0.4 is 0 Å². The van der Waals surface area contributed by atoms with Gasteiger partial charge in [0.25, 0.3) is 0 Å². The summed E-state index contributed by atoms with van der Waals surface area (Å²) in [7, 11) is 1.90. The Morgan fingerprint density at radius 3 is 3.00 bits per heavy atom. The van der Waals surface area contributed by atoms with Gasteiger partial charge < -0.3 is 14.4 Å². The number of carbonyl (C=O) groups excluding carboxylic acids is 1. The fourth-order valence-corrected chi connectivity index (χ4v) is 1.65. The zero-order chi connectivity index (χ0) is 12.0. The highest BCUT2D eigenvalue weighted by Crippen LogP contribution is 2.19. The molecule has 0 aromatic heterocycles. The Morgan fingerprint density at radius 2 is 2.44 bits per heavy atom. The van der Waals surface area contributed by atoms with Gasteiger partial charge >= 0.3 is 6.16 Å². The smallest absolute Gasteiger partial charge is 0.434 e. The third kappa shape index (κ3) is 3.56. The molecule has 90 valence electrons. The third-order valence-corrected chi connectivity index (χ3v) is 2.62. The normalized spacial score (nSPS) is 19.7. The molecule has 1 aliphatic rings. The van der Waals surface area contributed by atoms with Gasteiger partial charge in [-0.3, -0.25) is 5.41 Å². The van der Waals surface area contributed by atoms with Gasteiger partial charge in [-0.25, -0.2) is 4.79 Å². The molecule has 5 heteroatoms. The summed E-state index contributed by atoms with van der Waals surface area (Å²) >= 11 is 0. The minimum atomic E-state index is -0.669. The lowest BCUT2D eigenvalue weighted by Crippen LogP contribution is -2.22. The Bertz CT molecular complexity index is 278. The summed E-state index contributed by atoms with van der Waals surface area (Å²) < 4.78 is 9.53. The molecule has 1 aliphatic heterocycles. The first-order chi connectivity index (χ1) is 7.65. The van der Waals surface area contributed by atoms with E-state index >= 15 is 0 Å². The van der Waals surface area contributed by atoms with Gasteiger partial charge in [-0.05, 0) is 12.8 Å². The minimum Gasteiger partial charge on any atom is -0.434 e. The van der Waals surface area contributed by atoms with Crippen LogP contribution in [0.25, 0.3) is 0 Å². The van der Waals surface area contributed by atoms with Crippen molar-refractivity contribution >= 4 is 12.0 Å². The van der Waals surface area contributed by atoms with E-state index in [9.17, 15) is 4.79 Å². The van der Waals surface area contributed by atoms with Crippen molar-refractivity contribution in [2.45, 2.75) is 12.8 Å². The maximum atomic E-state index is 11.0. The van der Waals surface area contributed by atoms with Crippen molar-refractivity contribution in [1.29, 1.82) is 5.41 Å². The van der Waals surface area contributed by atoms with Crippen molar-refractivity contribution in [3.8, 4) is 0 Å². The molecule has 0 saturated carbocycles. The van der Waals surface area contributed by atoms with Gasteiger partial charge in [-0.1, -0.05) is 12.7 Å². The highest BCUT2D eigenvalue weighted by molar-refractivity contribution is 5.83. The number of carbonyl (C=O) groups is 1. The fourth-order valence-electron chi connectivity index (χ4n) is 1.65. The molecule has 0 bridgehead atoms. The topological polar surface area (TPSA) is 62.6 Å². The standard InChI is InChI=1S/C11H18N2O3/c1-3-7-15-11(14)16-8-5-9-4-6-13(2)10(9)12/h3,9,12H,1,4-8H2,2H3. The van der Waals surface area contributed by atoms with Crippen LogP contribution in [0.2, 0.25) is 0 Å². The van der Waals surface area contributed by atoms with Crippen LogP contribution in [0.4, 0.5) is 4.79 Å². The van der Waals surface area contributed by atoms with Crippen molar-refractivity contribution in [3.63, 3.8) is 0 Å². The summed E-state index contributed by atoms with van der Waals surface area (Å²) in [5, 5.41) is 7.75. The summed E-state index contributed by atoms with van der Waals surface area (Å²) in [5.41, 5.74) is 0. The van der Waals surface area contributed by atoms with Crippen LogP contribution >= 0.6 is 0 Å². The second-order valence-corrected chi connectivity index (χ2v) is 3.78. The lowest BCUT2D eigenvalue weighted by atomic mass is 10.0. The molecule has 1 rings (SSSR count). The van der Waals surface area contributed by atoms with Crippen LogP contribution in [0.1, 0.15) is 12.8 Å². The van der Waals surface area contributed by atoms with E-state index in [-0.39, 0.29) is 12.5 Å². The number of amidine groups is 1. The predicted molar refractivity (Wildman–Crippen MR) is 60.6 cm³/mol. The molecule has 0 aromatic rings. The van der Waals surface area contributed by atoms with E-state index in [2.05, 4.69) is 11.3 Å². The average molecular weight is 226 g/mol. The first kappa shape index (κ1) is 12.5. The molecule has 1 atom stereocenters. The number of nitrogens with one attached hydrogen (secondary N) is 1. The lowest BCUT2D eigenvalue weighted by Gasteiger charge is -2.13. The molecular weight excluding hydrogens is 208 g/mol. The van der Waals surface area contributed by atoms with Gasteiger partial charge in [0.1, 0.15) is 6.61 Å². The summed E-state index contributed by atoms with van der Waals surface area (Å²) in [6, 6.07) is 0. The Labute approximate surface area is 95.5 Å². The highest BCUT2D eigenvalue weighted by Gasteiger charge is 2.25. The molecule has 16 heavy (non-hydrogen) atoms. The minimum absolute atomic E-state index is 0.167. The third-order valence-electron chi connectivity index (χ3n) is 2.62. The van der Waals surface area contributed by atoms with Gasteiger partial charge in [0, 0.05) is 19.5 Å². The number of hydrogen-bond donors (Lipinski definition) is 1. The highest BCUT2D eigenvalue weighted by atomic mass is 16.7. The van der Waals surface area contributed by atoms with Crippen LogP contribution in [-0.4, -0.2) is 43.7 Å². The van der Waals surface area contributed by atoms with Crippen LogP contribution in [0.3, 0.4) is 0 Å². The van der Waals surface area contributed by atoms with Gasteiger partial charge in [0.05, 0.1) is 12.4 Å². The van der Waals surface area contributed by atoms with E-state index in [0.29, 0.717) is 18.9 Å². The van der Waals surface area contributed by atoms with Gasteiger partial charge in [0.15, 0.2) is 0 Å². The second kappa shape index (κ2) is 6.15. The van der Waals surface area contributed by atoms with Crippen molar-refractivity contribution < 1.29 is 14.3 Å². The average Bonchev–Trinajstić information content (AvgIpc) is 2.58. The quantitative estimate of drug-likeness (QED) is 0.572. The Morgan fingerprint density at radius 1 is 1.69 bits per heavy atom. The molecule has 1 unspecified atom stereocenters. The van der Waals surface area contributed by atoms with E-state index in [0.717, 1.165) is 13.0 Å². The molecular formula is C11H18N2O3. The fraction of sp³-hybridized carbons (Fsp3) is 0.636. The molecule has 1 fully saturated rings. The predicted octanol–water partition coefficient (Wildman–Crippen LogP) is 1.64. The first-order valence-corrected chi connectivity index (χ1v) is 5.35. The van der Waals surface area contributed by atoms with Crippen molar-refractivity contribution in [2.24, 2.45) is 5.92 Å². The molecule has 0 amide bonds. The SMILES string of the molecule is C=CCOC(=O)OCCC1CCN(C)C1=N. The molecule has 1 heterocycles. The van der Waals surface area contributed by atoms with E-state index in [1.165, 1.54) is 6.08 Å². The summed E-state index contributed by atoms with van der Waals surface area (Å²) in [6.45, 7) is 4.80. The van der Waals surface area contributed by atoms with Crippen LogP contribution in [0.5, 0.6) is 0 Å². The van der Waals surface area contributed by atoms with Gasteiger partial charge in [0.2, 0.25) is 0 Å². The molecule has 0 aromatic carbocycles. The summed E-state index contributed by atoms with van der Waals surface area (Å²) in [5.74, 6) is 0.834. The number of nitrogens with zero attached hydrogens (tertiary/aromatic N) is 1. The van der Waals surface area contributed by atoms with Crippen molar-refractivity contribution in [1.82, 2.24) is 4.90 Å². The summed E-state index contributed by atoms with van der Waals surface area (Å²) in [4.78, 5) is 12.9. The molecule has 0 spiro atoms. The van der Waals surface area contributed by atoms with Gasteiger partial charge in [-0.2, -0.15) is 0 Å². The van der Waals surface area contributed by atoms with Crippen molar-refractivity contribution in [3.05, 3.63) is 12.7 Å². The zero-order valence-electron chi connectivity index (χ0n) is 9.57. The van der Waals surface area contributed by atoms with Crippen LogP contribution in [0.15, 0.2) is 12.7 Å². The lowest BCUT2D eigenvalue weighted by molar-refractivity contribution is 0.0608. The Kier molecular flexibility index (Phi) is 4.82. The molecule has 1 N–H and O–H groups in total. The largest absolute Gasteiger partial charge is 0.508 e. The monoisotopic (exact) mass is 226 g/mol. The summed E-state index contributed by atoms with van der Waals surface area (Å²) in [6.07, 6.45) is 2.47. The first-order valence-electron chi connectivity index (χ1n) is 5.35. The maximum Gasteiger partial charge on any atom is 0.508 e. The zero-order valence-corrected chi connectivity index (χ0v) is 9.57. The number of likely N-dealkylation sites (tertiary alicyclic amines) is 1. The number of rotatable bonds is 5. The Hall–Kier alpha value is -1.52. The van der Waals surface area contributed by atoms with Gasteiger partial charge in [-0.15, -0.1) is 0 Å². The van der Waals surface area contributed by atoms with E-state index in [1.54, 1.807) is 0 Å². The molecule has 0 radical (unpaired) electrons. The van der Waals surface area contributed by atoms with Crippen molar-refractivity contribution in [2.75, 3.05) is 26.8 Å². The Balaban J connectivity index is 2.13.